The molecule has 8 heteroatoms. The highest BCUT2D eigenvalue weighted by molar-refractivity contribution is 6.08. The molecule has 2 amide bonds. The summed E-state index contributed by atoms with van der Waals surface area (Å²) in [5, 5.41) is 3.36. The van der Waals surface area contributed by atoms with Gasteiger partial charge in [-0.25, -0.2) is 4.98 Å². The topological polar surface area (TPSA) is 102 Å². The zero-order chi connectivity index (χ0) is 20.4. The molecule has 0 saturated carbocycles. The van der Waals surface area contributed by atoms with E-state index in [1.54, 1.807) is 24.3 Å². The van der Waals surface area contributed by atoms with Crippen molar-refractivity contribution >= 4 is 28.7 Å². The van der Waals surface area contributed by atoms with Gasteiger partial charge in [0.2, 0.25) is 5.91 Å². The third-order valence-corrected chi connectivity index (χ3v) is 4.90. The summed E-state index contributed by atoms with van der Waals surface area (Å²) < 4.78 is 10.1. The van der Waals surface area contributed by atoms with Gasteiger partial charge in [0.15, 0.2) is 5.76 Å². The van der Waals surface area contributed by atoms with Crippen LogP contribution in [0.5, 0.6) is 0 Å². The van der Waals surface area contributed by atoms with Crippen molar-refractivity contribution in [2.24, 2.45) is 0 Å². The third-order valence-electron chi connectivity index (χ3n) is 4.90. The molecule has 1 saturated heterocycles. The van der Waals surface area contributed by atoms with Crippen LogP contribution in [0.1, 0.15) is 16.8 Å². The highest BCUT2D eigenvalue weighted by atomic mass is 16.5. The molecule has 0 aliphatic carbocycles. The van der Waals surface area contributed by atoms with Gasteiger partial charge in [0.05, 0.1) is 30.9 Å². The van der Waals surface area contributed by atoms with Crippen molar-refractivity contribution in [3.63, 3.8) is 0 Å². The zero-order valence-corrected chi connectivity index (χ0v) is 15.8. The molecule has 3 heterocycles. The van der Waals surface area contributed by atoms with Crippen LogP contribution in [-0.2, 0) is 14.3 Å². The van der Waals surface area contributed by atoms with E-state index in [0.717, 1.165) is 0 Å². The number of rotatable bonds is 4. The molecular weight excluding hydrogens is 374 g/mol. The zero-order valence-electron chi connectivity index (χ0n) is 15.8. The minimum Gasteiger partial charge on any atom is -0.469 e. The van der Waals surface area contributed by atoms with Crippen molar-refractivity contribution in [2.45, 2.75) is 12.5 Å². The van der Waals surface area contributed by atoms with Crippen molar-refractivity contribution < 1.29 is 23.5 Å². The first kappa shape index (κ1) is 18.7. The van der Waals surface area contributed by atoms with E-state index in [4.69, 9.17) is 9.15 Å². The van der Waals surface area contributed by atoms with Crippen molar-refractivity contribution in [2.75, 3.05) is 20.2 Å². The fourth-order valence-electron chi connectivity index (χ4n) is 3.46. The van der Waals surface area contributed by atoms with Crippen LogP contribution in [0.25, 0.3) is 22.4 Å². The number of hydrogen-bond donors (Lipinski definition) is 1. The average molecular weight is 393 g/mol. The maximum Gasteiger partial charge on any atom is 0.308 e. The van der Waals surface area contributed by atoms with Gasteiger partial charge in [0.1, 0.15) is 11.7 Å². The van der Waals surface area contributed by atoms with E-state index in [9.17, 15) is 14.4 Å². The Bertz CT molecular complexity index is 1080. The number of pyridine rings is 1. The third kappa shape index (κ3) is 3.56. The number of aromatic nitrogens is 1. The SMILES string of the molecule is COC(=O)C[C@H]1C(=O)NCCN1C(=O)c1cc(-c2ccco2)nc2ccccc12. The Morgan fingerprint density at radius 2 is 2.10 bits per heavy atom. The Morgan fingerprint density at radius 3 is 2.86 bits per heavy atom. The first-order valence-electron chi connectivity index (χ1n) is 9.17. The van der Waals surface area contributed by atoms with Crippen LogP contribution in [-0.4, -0.2) is 53.9 Å². The Hall–Kier alpha value is -3.68. The number of carbonyl (C=O) groups excluding carboxylic acids is 3. The van der Waals surface area contributed by atoms with Gasteiger partial charge < -0.3 is 19.4 Å². The molecule has 0 spiro atoms. The van der Waals surface area contributed by atoms with Crippen LogP contribution in [0.15, 0.2) is 53.1 Å². The quantitative estimate of drug-likeness (QED) is 0.681. The molecule has 2 aromatic heterocycles. The Balaban J connectivity index is 1.79. The molecule has 1 aromatic carbocycles. The number of methoxy groups -OCH3 is 1. The lowest BCUT2D eigenvalue weighted by Gasteiger charge is -2.34. The number of carbonyl (C=O) groups is 3. The lowest BCUT2D eigenvalue weighted by molar-refractivity contribution is -0.145. The maximum atomic E-state index is 13.5. The summed E-state index contributed by atoms with van der Waals surface area (Å²) in [7, 11) is 1.25. The summed E-state index contributed by atoms with van der Waals surface area (Å²) in [6, 6.07) is 11.5. The van der Waals surface area contributed by atoms with Crippen LogP contribution < -0.4 is 5.32 Å². The fraction of sp³-hybridized carbons (Fsp3) is 0.238. The lowest BCUT2D eigenvalue weighted by atomic mass is 10.0. The number of esters is 1. The van der Waals surface area contributed by atoms with E-state index in [0.29, 0.717) is 41.0 Å². The number of hydrogen-bond acceptors (Lipinski definition) is 6. The van der Waals surface area contributed by atoms with Crippen molar-refractivity contribution in [3.8, 4) is 11.5 Å². The smallest absolute Gasteiger partial charge is 0.308 e. The number of nitrogens with one attached hydrogen (secondary N) is 1. The molecule has 1 atom stereocenters. The molecule has 148 valence electrons. The number of nitrogens with zero attached hydrogens (tertiary/aromatic N) is 2. The van der Waals surface area contributed by atoms with Gasteiger partial charge in [0.25, 0.3) is 5.91 Å². The summed E-state index contributed by atoms with van der Waals surface area (Å²) in [5.41, 5.74) is 1.55. The molecule has 1 aliphatic rings. The van der Waals surface area contributed by atoms with E-state index >= 15 is 0 Å². The lowest BCUT2D eigenvalue weighted by Crippen LogP contribution is -2.57. The fourth-order valence-corrected chi connectivity index (χ4v) is 3.46. The Morgan fingerprint density at radius 1 is 1.28 bits per heavy atom. The summed E-state index contributed by atoms with van der Waals surface area (Å²) in [4.78, 5) is 43.7. The van der Waals surface area contributed by atoms with Crippen LogP contribution in [0.3, 0.4) is 0 Å². The number of amides is 2. The number of furan rings is 1. The Kier molecular flexibility index (Phi) is 4.99. The highest BCUT2D eigenvalue weighted by Crippen LogP contribution is 2.27. The monoisotopic (exact) mass is 393 g/mol. The molecule has 3 aromatic rings. The standard InChI is InChI=1S/C21H19N3O5/c1-28-19(25)12-17-20(26)22-8-9-24(17)21(27)14-11-16(18-7-4-10-29-18)23-15-6-3-2-5-13(14)15/h2-7,10-11,17H,8-9,12H2,1H3,(H,22,26)/t17-/m0/s1. The first-order valence-corrected chi connectivity index (χ1v) is 9.17. The minimum atomic E-state index is -0.928. The molecule has 0 bridgehead atoms. The molecule has 0 radical (unpaired) electrons. The van der Waals surface area contributed by atoms with Crippen molar-refractivity contribution in [1.29, 1.82) is 0 Å². The van der Waals surface area contributed by atoms with Gasteiger partial charge in [-0.3, -0.25) is 14.4 Å². The van der Waals surface area contributed by atoms with Crippen LogP contribution >= 0.6 is 0 Å². The predicted octanol–water partition coefficient (Wildman–Crippen LogP) is 2.00. The second kappa shape index (κ2) is 7.75. The van der Waals surface area contributed by atoms with E-state index in [1.807, 2.05) is 18.2 Å². The molecular formula is C21H19N3O5. The molecule has 1 aliphatic heterocycles. The van der Waals surface area contributed by atoms with Gasteiger partial charge in [-0.05, 0) is 24.3 Å². The van der Waals surface area contributed by atoms with E-state index in [2.05, 4.69) is 10.3 Å². The van der Waals surface area contributed by atoms with Gasteiger partial charge in [0, 0.05) is 18.5 Å². The molecule has 1 fully saturated rings. The minimum absolute atomic E-state index is 0.206. The predicted molar refractivity (Wildman–Crippen MR) is 104 cm³/mol. The normalized spacial score (nSPS) is 16.5. The second-order valence-electron chi connectivity index (χ2n) is 6.64. The van der Waals surface area contributed by atoms with Crippen molar-refractivity contribution in [1.82, 2.24) is 15.2 Å². The number of para-hydroxylation sites is 1. The number of benzene rings is 1. The van der Waals surface area contributed by atoms with Gasteiger partial charge in [-0.2, -0.15) is 0 Å². The number of fused-ring (bicyclic) bond motifs is 1. The van der Waals surface area contributed by atoms with Gasteiger partial charge in [-0.15, -0.1) is 0 Å². The first-order chi connectivity index (χ1) is 14.1. The molecule has 0 unspecified atom stereocenters. The average Bonchev–Trinajstić information content (AvgIpc) is 3.28. The largest absolute Gasteiger partial charge is 0.469 e. The number of ether oxygens (including phenoxy) is 1. The molecule has 1 N–H and O–H groups in total. The highest BCUT2D eigenvalue weighted by Gasteiger charge is 2.36. The Labute approximate surface area is 166 Å². The van der Waals surface area contributed by atoms with Crippen molar-refractivity contribution in [3.05, 3.63) is 54.3 Å². The van der Waals surface area contributed by atoms with Crippen LogP contribution in [0.2, 0.25) is 0 Å². The summed E-state index contributed by atoms with van der Waals surface area (Å²) in [6.07, 6.45) is 1.33. The van der Waals surface area contributed by atoms with Gasteiger partial charge >= 0.3 is 5.97 Å². The summed E-state index contributed by atoms with van der Waals surface area (Å²) in [6.45, 7) is 0.606. The van der Waals surface area contributed by atoms with E-state index in [1.165, 1.54) is 18.3 Å². The van der Waals surface area contributed by atoms with E-state index in [-0.39, 0.29) is 18.2 Å². The van der Waals surface area contributed by atoms with E-state index < -0.39 is 12.0 Å². The summed E-state index contributed by atoms with van der Waals surface area (Å²) >= 11 is 0. The van der Waals surface area contributed by atoms with Crippen LogP contribution in [0.4, 0.5) is 0 Å². The van der Waals surface area contributed by atoms with Crippen LogP contribution in [0, 0.1) is 0 Å². The number of piperazine rings is 1. The van der Waals surface area contributed by atoms with Gasteiger partial charge in [-0.1, -0.05) is 18.2 Å². The molecule has 8 nitrogen and oxygen atoms in total. The molecule has 4 rings (SSSR count). The summed E-state index contributed by atoms with van der Waals surface area (Å²) in [5.74, 6) is -0.743. The molecule has 29 heavy (non-hydrogen) atoms. The maximum absolute atomic E-state index is 13.5. The second-order valence-corrected chi connectivity index (χ2v) is 6.64.